The molecule has 0 aliphatic heterocycles. The number of Topliss-reactive ketones (excluding diaryl/α,β-unsaturated/α-hetero) is 1. The second-order valence-corrected chi connectivity index (χ2v) is 5.51. The highest BCUT2D eigenvalue weighted by molar-refractivity contribution is 6.14. The van der Waals surface area contributed by atoms with Crippen molar-refractivity contribution in [2.75, 3.05) is 0 Å². The van der Waals surface area contributed by atoms with Crippen molar-refractivity contribution in [3.63, 3.8) is 0 Å². The van der Waals surface area contributed by atoms with Crippen molar-refractivity contribution in [1.82, 2.24) is 0 Å². The van der Waals surface area contributed by atoms with Crippen LogP contribution in [0.4, 0.5) is 4.39 Å². The molecule has 0 atom stereocenters. The number of ketones is 1. The van der Waals surface area contributed by atoms with Gasteiger partial charge in [0.05, 0.1) is 0 Å². The van der Waals surface area contributed by atoms with Crippen molar-refractivity contribution >= 4 is 17.3 Å². The normalized spacial score (nSPS) is 15.8. The van der Waals surface area contributed by atoms with Crippen molar-refractivity contribution in [3.8, 4) is 5.75 Å². The molecule has 1 aliphatic carbocycles. The number of hydrogen-bond acceptors (Lipinski definition) is 4. The van der Waals surface area contributed by atoms with Crippen LogP contribution in [0.25, 0.3) is 5.57 Å². The first-order valence-corrected chi connectivity index (χ1v) is 7.67. The zero-order valence-corrected chi connectivity index (χ0v) is 13.7. The van der Waals surface area contributed by atoms with E-state index in [1.807, 2.05) is 0 Å². The molecule has 0 N–H and O–H groups in total. The predicted octanol–water partition coefficient (Wildman–Crippen LogP) is 4.50. The summed E-state index contributed by atoms with van der Waals surface area (Å²) in [5.41, 5.74) is 1.87. The molecule has 0 radical (unpaired) electrons. The highest BCUT2D eigenvalue weighted by Gasteiger charge is 2.20. The lowest BCUT2D eigenvalue weighted by Crippen LogP contribution is -2.08. The van der Waals surface area contributed by atoms with E-state index < -0.39 is 11.8 Å². The molecule has 4 nitrogen and oxygen atoms in total. The molecule has 1 heterocycles. The minimum Gasteiger partial charge on any atom is -0.449 e. The molecule has 25 heavy (non-hydrogen) atoms. The van der Waals surface area contributed by atoms with Crippen LogP contribution in [0.5, 0.6) is 5.75 Å². The number of allylic oxidation sites excluding steroid dienone is 6. The Morgan fingerprint density at radius 3 is 2.52 bits per heavy atom. The van der Waals surface area contributed by atoms with Crippen molar-refractivity contribution in [2.45, 2.75) is 13.8 Å². The molecule has 1 aromatic heterocycles. The van der Waals surface area contributed by atoms with Gasteiger partial charge in [-0.2, -0.15) is 0 Å². The van der Waals surface area contributed by atoms with E-state index in [0.717, 1.165) is 0 Å². The summed E-state index contributed by atoms with van der Waals surface area (Å²) >= 11 is 0. The van der Waals surface area contributed by atoms with Gasteiger partial charge in [0.2, 0.25) is 5.76 Å². The number of carbonyl (C=O) groups excluding carboxylic acids is 2. The van der Waals surface area contributed by atoms with E-state index in [1.165, 1.54) is 30.3 Å². The first-order valence-electron chi connectivity index (χ1n) is 7.67. The lowest BCUT2D eigenvalue weighted by molar-refractivity contribution is -0.112. The SMILES string of the molecule is CC=C1C=C(c2ccc(C(=O)Oc3ccc(F)cc3)o2)C=C(C)C1=O. The zero-order valence-electron chi connectivity index (χ0n) is 13.7. The Morgan fingerprint density at radius 1 is 1.12 bits per heavy atom. The van der Waals surface area contributed by atoms with Crippen LogP contribution >= 0.6 is 0 Å². The Hall–Kier alpha value is -3.21. The van der Waals surface area contributed by atoms with E-state index >= 15 is 0 Å². The molecule has 0 spiro atoms. The van der Waals surface area contributed by atoms with E-state index in [2.05, 4.69) is 0 Å². The van der Waals surface area contributed by atoms with Crippen molar-refractivity contribution in [3.05, 3.63) is 83.1 Å². The molecule has 0 saturated heterocycles. The van der Waals surface area contributed by atoms with Crippen molar-refractivity contribution in [1.29, 1.82) is 0 Å². The van der Waals surface area contributed by atoms with Crippen LogP contribution in [0.1, 0.15) is 30.2 Å². The monoisotopic (exact) mass is 338 g/mol. The average Bonchev–Trinajstić information content (AvgIpc) is 3.09. The molecule has 126 valence electrons. The summed E-state index contributed by atoms with van der Waals surface area (Å²) in [5, 5.41) is 0. The van der Waals surface area contributed by atoms with Crippen LogP contribution in [-0.2, 0) is 4.79 Å². The Kier molecular flexibility index (Phi) is 4.48. The maximum atomic E-state index is 12.9. The van der Waals surface area contributed by atoms with Crippen LogP contribution in [-0.4, -0.2) is 11.8 Å². The van der Waals surface area contributed by atoms with Gasteiger partial charge in [0.25, 0.3) is 0 Å². The number of ether oxygens (including phenoxy) is 1. The highest BCUT2D eigenvalue weighted by atomic mass is 19.1. The quantitative estimate of drug-likeness (QED) is 0.470. The fourth-order valence-electron chi connectivity index (χ4n) is 2.42. The van der Waals surface area contributed by atoms with Crippen molar-refractivity contribution in [2.24, 2.45) is 0 Å². The zero-order chi connectivity index (χ0) is 18.0. The molecular formula is C20H15FO4. The minimum atomic E-state index is -0.683. The van der Waals surface area contributed by atoms with Gasteiger partial charge in [-0.15, -0.1) is 0 Å². The molecule has 0 fully saturated rings. The predicted molar refractivity (Wildman–Crippen MR) is 90.6 cm³/mol. The molecule has 0 bridgehead atoms. The van der Waals surface area contributed by atoms with E-state index in [9.17, 15) is 14.0 Å². The number of rotatable bonds is 3. The molecule has 0 saturated carbocycles. The Labute approximate surface area is 143 Å². The van der Waals surface area contributed by atoms with Gasteiger partial charge in [0.15, 0.2) is 5.78 Å². The third-order valence-corrected chi connectivity index (χ3v) is 3.73. The molecule has 0 amide bonds. The molecule has 0 unspecified atom stereocenters. The van der Waals surface area contributed by atoms with E-state index in [-0.39, 0.29) is 17.3 Å². The maximum absolute atomic E-state index is 12.9. The van der Waals surface area contributed by atoms with Crippen LogP contribution in [0.3, 0.4) is 0 Å². The van der Waals surface area contributed by atoms with Gasteiger partial charge in [0.1, 0.15) is 17.3 Å². The fourth-order valence-corrected chi connectivity index (χ4v) is 2.42. The minimum absolute atomic E-state index is 0.0187. The first-order chi connectivity index (χ1) is 12.0. The molecule has 2 aromatic rings. The number of hydrogen-bond donors (Lipinski definition) is 0. The van der Waals surface area contributed by atoms with Gasteiger partial charge in [-0.3, -0.25) is 4.79 Å². The van der Waals surface area contributed by atoms with Gasteiger partial charge >= 0.3 is 5.97 Å². The van der Waals surface area contributed by atoms with Gasteiger partial charge in [-0.25, -0.2) is 9.18 Å². The standard InChI is InChI=1S/C20H15FO4/c1-3-13-11-14(10-12(2)19(13)22)17-8-9-18(25-17)20(23)24-16-6-4-15(21)5-7-16/h3-11H,1-2H3. The summed E-state index contributed by atoms with van der Waals surface area (Å²) in [6.07, 6.45) is 5.15. The topological polar surface area (TPSA) is 56.5 Å². The third-order valence-electron chi connectivity index (χ3n) is 3.73. The number of benzene rings is 1. The summed E-state index contributed by atoms with van der Waals surface area (Å²) in [6.45, 7) is 3.51. The number of halogens is 1. The lowest BCUT2D eigenvalue weighted by atomic mass is 9.93. The summed E-state index contributed by atoms with van der Waals surface area (Å²) in [7, 11) is 0. The largest absolute Gasteiger partial charge is 0.449 e. The van der Waals surface area contributed by atoms with Gasteiger partial charge in [-0.1, -0.05) is 6.08 Å². The van der Waals surface area contributed by atoms with Crippen LogP contribution < -0.4 is 4.74 Å². The van der Waals surface area contributed by atoms with Gasteiger partial charge in [0, 0.05) is 11.1 Å². The summed E-state index contributed by atoms with van der Waals surface area (Å²) in [6, 6.07) is 8.25. The van der Waals surface area contributed by atoms with E-state index in [0.29, 0.717) is 22.5 Å². The Morgan fingerprint density at radius 2 is 1.84 bits per heavy atom. The van der Waals surface area contributed by atoms with Crippen LogP contribution in [0.15, 0.2) is 70.2 Å². The Bertz CT molecular complexity index is 927. The summed E-state index contributed by atoms with van der Waals surface area (Å²) in [5.74, 6) is -0.437. The Balaban J connectivity index is 1.81. The lowest BCUT2D eigenvalue weighted by Gasteiger charge is -2.10. The third kappa shape index (κ3) is 3.50. The van der Waals surface area contributed by atoms with Crippen LogP contribution in [0, 0.1) is 5.82 Å². The molecule has 1 aromatic carbocycles. The fraction of sp³-hybridized carbons (Fsp3) is 0.100. The molecular weight excluding hydrogens is 323 g/mol. The van der Waals surface area contributed by atoms with Gasteiger partial charge in [-0.05, 0) is 68.0 Å². The number of furan rings is 1. The molecule has 3 rings (SSSR count). The summed E-state index contributed by atoms with van der Waals surface area (Å²) < 4.78 is 23.6. The second kappa shape index (κ2) is 6.73. The molecule has 5 heteroatoms. The number of carbonyl (C=O) groups is 2. The van der Waals surface area contributed by atoms with Gasteiger partial charge < -0.3 is 9.15 Å². The average molecular weight is 338 g/mol. The van der Waals surface area contributed by atoms with Crippen LogP contribution in [0.2, 0.25) is 0 Å². The highest BCUT2D eigenvalue weighted by Crippen LogP contribution is 2.28. The maximum Gasteiger partial charge on any atom is 0.379 e. The second-order valence-electron chi connectivity index (χ2n) is 5.51. The van der Waals surface area contributed by atoms with E-state index in [4.69, 9.17) is 9.15 Å². The summed E-state index contributed by atoms with van der Waals surface area (Å²) in [4.78, 5) is 24.1. The smallest absolute Gasteiger partial charge is 0.379 e. The molecule has 1 aliphatic rings. The first kappa shape index (κ1) is 16.6. The van der Waals surface area contributed by atoms with Crippen molar-refractivity contribution < 1.29 is 23.1 Å². The van der Waals surface area contributed by atoms with E-state index in [1.54, 1.807) is 38.1 Å². The number of esters is 1.